The highest BCUT2D eigenvalue weighted by molar-refractivity contribution is 5.81. The van der Waals surface area contributed by atoms with E-state index in [2.05, 4.69) is 5.32 Å². The van der Waals surface area contributed by atoms with Gasteiger partial charge >= 0.3 is 18.2 Å². The Labute approximate surface area is 192 Å². The maximum Gasteiger partial charge on any atom is 0.410 e. The number of carbonyl (C=O) groups is 4. The van der Waals surface area contributed by atoms with Crippen molar-refractivity contribution < 1.29 is 33.4 Å². The summed E-state index contributed by atoms with van der Waals surface area (Å²) in [5.41, 5.74) is -2.09. The lowest BCUT2D eigenvalue weighted by molar-refractivity contribution is -0.157. The fourth-order valence-corrected chi connectivity index (χ4v) is 2.54. The molecule has 0 saturated heterocycles. The number of amides is 2. The van der Waals surface area contributed by atoms with Gasteiger partial charge < -0.3 is 29.2 Å². The predicted octanol–water partition coefficient (Wildman–Crippen LogP) is 4.22. The minimum absolute atomic E-state index is 0.237. The highest BCUT2D eigenvalue weighted by atomic mass is 16.6. The van der Waals surface area contributed by atoms with Gasteiger partial charge in [0.2, 0.25) is 0 Å². The van der Waals surface area contributed by atoms with Gasteiger partial charge in [-0.2, -0.15) is 0 Å². The van der Waals surface area contributed by atoms with E-state index in [1.807, 2.05) is 0 Å². The Morgan fingerprint density at radius 2 is 1.31 bits per heavy atom. The number of esters is 1. The lowest BCUT2D eigenvalue weighted by Gasteiger charge is -2.28. The summed E-state index contributed by atoms with van der Waals surface area (Å²) in [4.78, 5) is 49.5. The molecular weight excluding hydrogens is 416 g/mol. The molecule has 0 radical (unpaired) electrons. The van der Waals surface area contributed by atoms with Crippen molar-refractivity contribution in [3.63, 3.8) is 0 Å². The first-order valence-electron chi connectivity index (χ1n) is 11.1. The average Bonchev–Trinajstić information content (AvgIpc) is 2.54. The minimum Gasteiger partial charge on any atom is -0.458 e. The molecule has 0 aliphatic heterocycles. The third kappa shape index (κ3) is 15.5. The molecule has 0 unspecified atom stereocenters. The van der Waals surface area contributed by atoms with Crippen molar-refractivity contribution in [2.24, 2.45) is 0 Å². The first-order valence-corrected chi connectivity index (χ1v) is 11.1. The van der Waals surface area contributed by atoms with E-state index in [9.17, 15) is 19.2 Å². The summed E-state index contributed by atoms with van der Waals surface area (Å²) in [5, 5.41) is 2.57. The van der Waals surface area contributed by atoms with Gasteiger partial charge in [-0.3, -0.25) is 0 Å². The summed E-state index contributed by atoms with van der Waals surface area (Å²) in [6.07, 6.45) is 1.08. The third-order valence-corrected chi connectivity index (χ3v) is 3.70. The molecule has 0 spiro atoms. The quantitative estimate of drug-likeness (QED) is 0.226. The lowest BCUT2D eigenvalue weighted by Crippen LogP contribution is -2.46. The number of nitrogens with one attached hydrogen (secondary N) is 1. The molecule has 9 heteroatoms. The Kier molecular flexibility index (Phi) is 11.7. The molecular formula is C23H42N2O7. The van der Waals surface area contributed by atoms with Gasteiger partial charge in [0.05, 0.1) is 0 Å². The van der Waals surface area contributed by atoms with Crippen LogP contribution in [-0.2, 0) is 23.8 Å². The van der Waals surface area contributed by atoms with Gasteiger partial charge in [0.25, 0.3) is 0 Å². The molecule has 0 heterocycles. The fourth-order valence-electron chi connectivity index (χ4n) is 2.54. The molecule has 32 heavy (non-hydrogen) atoms. The van der Waals surface area contributed by atoms with E-state index in [1.54, 1.807) is 62.3 Å². The van der Waals surface area contributed by atoms with Crippen molar-refractivity contribution in [1.29, 1.82) is 0 Å². The zero-order valence-electron chi connectivity index (χ0n) is 21.2. The van der Waals surface area contributed by atoms with Crippen LogP contribution in [0.5, 0.6) is 0 Å². The highest BCUT2D eigenvalue weighted by Crippen LogP contribution is 2.15. The number of unbranched alkanes of at least 4 members (excludes halogenated alkanes) is 1. The van der Waals surface area contributed by atoms with Gasteiger partial charge in [0.15, 0.2) is 0 Å². The van der Waals surface area contributed by atoms with Crippen molar-refractivity contribution in [2.75, 3.05) is 13.1 Å². The van der Waals surface area contributed by atoms with Crippen LogP contribution in [0.3, 0.4) is 0 Å². The van der Waals surface area contributed by atoms with E-state index in [1.165, 1.54) is 4.90 Å². The maximum absolute atomic E-state index is 12.6. The van der Waals surface area contributed by atoms with Crippen LogP contribution in [0.1, 0.15) is 88.0 Å². The molecule has 0 aromatic rings. The monoisotopic (exact) mass is 458 g/mol. The normalized spacial score (nSPS) is 13.0. The second-order valence-electron chi connectivity index (χ2n) is 10.7. The Morgan fingerprint density at radius 3 is 1.78 bits per heavy atom. The lowest BCUT2D eigenvalue weighted by atomic mass is 10.1. The zero-order chi connectivity index (χ0) is 25.2. The van der Waals surface area contributed by atoms with Gasteiger partial charge in [0, 0.05) is 19.5 Å². The molecule has 1 N–H and O–H groups in total. The average molecular weight is 459 g/mol. The molecule has 0 fully saturated rings. The topological polar surface area (TPSA) is 111 Å². The van der Waals surface area contributed by atoms with Crippen molar-refractivity contribution >= 4 is 24.4 Å². The summed E-state index contributed by atoms with van der Waals surface area (Å²) >= 11 is 0. The van der Waals surface area contributed by atoms with E-state index < -0.39 is 41.0 Å². The van der Waals surface area contributed by atoms with Gasteiger partial charge in [-0.25, -0.2) is 14.4 Å². The van der Waals surface area contributed by atoms with Crippen molar-refractivity contribution in [2.45, 2.75) is 111 Å². The second-order valence-corrected chi connectivity index (χ2v) is 10.7. The fraction of sp³-hybridized carbons (Fsp3) is 0.826. The highest BCUT2D eigenvalue weighted by Gasteiger charge is 2.29. The van der Waals surface area contributed by atoms with Crippen molar-refractivity contribution in [1.82, 2.24) is 10.2 Å². The minimum atomic E-state index is -0.931. The van der Waals surface area contributed by atoms with E-state index in [0.717, 1.165) is 6.29 Å². The molecule has 9 nitrogen and oxygen atoms in total. The summed E-state index contributed by atoms with van der Waals surface area (Å²) in [5.74, 6) is -0.576. The molecule has 0 aromatic carbocycles. The molecule has 1 atom stereocenters. The van der Waals surface area contributed by atoms with Crippen LogP contribution in [0.25, 0.3) is 0 Å². The van der Waals surface area contributed by atoms with Crippen LogP contribution >= 0.6 is 0 Å². The third-order valence-electron chi connectivity index (χ3n) is 3.70. The Balaban J connectivity index is 5.19. The maximum atomic E-state index is 12.6. The Morgan fingerprint density at radius 1 is 0.812 bits per heavy atom. The Bertz CT molecular complexity index is 628. The Hall–Kier alpha value is -2.32. The standard InChI is InChI=1S/C23H42N2O7/c1-21(2,3)30-18(27)17(24-19(28)31-22(4,5)6)13-12-15-25(14-10-11-16-26)20(29)32-23(7,8)9/h16-17H,10-15H2,1-9H3,(H,24,28)/t17-/m0/s1. The van der Waals surface area contributed by atoms with Crippen LogP contribution in [0.2, 0.25) is 0 Å². The SMILES string of the molecule is CC(C)(C)OC(=O)N[C@@H](CCCN(CCCC=O)C(=O)OC(C)(C)C)C(=O)OC(C)(C)C. The molecule has 0 aromatic heterocycles. The molecule has 2 amide bonds. The predicted molar refractivity (Wildman–Crippen MR) is 121 cm³/mol. The van der Waals surface area contributed by atoms with Gasteiger partial charge in [-0.05, 0) is 81.6 Å². The molecule has 186 valence electrons. The number of rotatable bonds is 10. The van der Waals surface area contributed by atoms with E-state index in [-0.39, 0.29) is 6.42 Å². The second kappa shape index (κ2) is 12.6. The van der Waals surface area contributed by atoms with Crippen LogP contribution in [0.4, 0.5) is 9.59 Å². The number of hydrogen-bond acceptors (Lipinski definition) is 7. The summed E-state index contributed by atoms with van der Waals surface area (Å²) < 4.78 is 16.1. The number of carbonyl (C=O) groups excluding carboxylic acids is 4. The van der Waals surface area contributed by atoms with Crippen molar-refractivity contribution in [3.8, 4) is 0 Å². The largest absolute Gasteiger partial charge is 0.458 e. The molecule has 0 aliphatic rings. The van der Waals surface area contributed by atoms with Crippen molar-refractivity contribution in [3.05, 3.63) is 0 Å². The van der Waals surface area contributed by atoms with Crippen LogP contribution in [0, 0.1) is 0 Å². The van der Waals surface area contributed by atoms with E-state index in [0.29, 0.717) is 32.4 Å². The van der Waals surface area contributed by atoms with E-state index in [4.69, 9.17) is 14.2 Å². The number of alkyl carbamates (subject to hydrolysis) is 1. The van der Waals surface area contributed by atoms with Crippen LogP contribution < -0.4 is 5.32 Å². The summed E-state index contributed by atoms with van der Waals surface area (Å²) in [6.45, 7) is 16.4. The number of hydrogen-bond donors (Lipinski definition) is 1. The molecule has 0 aliphatic carbocycles. The first kappa shape index (κ1) is 29.7. The first-order chi connectivity index (χ1) is 14.4. The van der Waals surface area contributed by atoms with Crippen LogP contribution in [-0.4, -0.2) is 65.3 Å². The number of aldehydes is 1. The zero-order valence-corrected chi connectivity index (χ0v) is 21.2. The molecule has 0 rings (SSSR count). The smallest absolute Gasteiger partial charge is 0.410 e. The molecule has 0 saturated carbocycles. The van der Waals surface area contributed by atoms with Crippen LogP contribution in [0.15, 0.2) is 0 Å². The van der Waals surface area contributed by atoms with Gasteiger partial charge in [0.1, 0.15) is 29.1 Å². The molecule has 0 bridgehead atoms. The summed E-state index contributed by atoms with van der Waals surface area (Å²) in [7, 11) is 0. The number of nitrogens with zero attached hydrogens (tertiary/aromatic N) is 1. The van der Waals surface area contributed by atoms with Gasteiger partial charge in [-0.15, -0.1) is 0 Å². The number of ether oxygens (including phenoxy) is 3. The summed E-state index contributed by atoms with van der Waals surface area (Å²) in [6, 6.07) is -0.931. The van der Waals surface area contributed by atoms with Gasteiger partial charge in [-0.1, -0.05) is 0 Å². The van der Waals surface area contributed by atoms with E-state index >= 15 is 0 Å².